The number of hydrogen-bond acceptors (Lipinski definition) is 11. The molecule has 0 heterocycles. The van der Waals surface area contributed by atoms with E-state index in [1.54, 1.807) is 18.2 Å². The second-order valence-electron chi connectivity index (χ2n) is 6.69. The molecule has 0 bridgehead atoms. The van der Waals surface area contributed by atoms with Gasteiger partial charge in [0.05, 0.1) is 33.2 Å². The van der Waals surface area contributed by atoms with E-state index in [1.165, 1.54) is 30.3 Å². The molecule has 0 saturated carbocycles. The minimum absolute atomic E-state index is 0.00472. The van der Waals surface area contributed by atoms with Crippen LogP contribution in [-0.2, 0) is 20.1 Å². The standard InChI is InChI=1S/C7H7NO2.C6H10N4O3S.C6H8N2O2S/c8-6-4-2-1-3-5(6)7(9)10;7-2-1-3(14(11,12)13)5(9)6(10)4(2)8;7-5-1-3-6(4-2-5)11(8,9)10/h1-4H,8H2,(H,9,10);1H,7-10H2,(H,11,12,13);1-4H,7H2,(H2,8,9,10). The Kier molecular flexibility index (Phi) is 9.25. The van der Waals surface area contributed by atoms with E-state index in [1.807, 2.05) is 0 Å². The van der Waals surface area contributed by atoms with Gasteiger partial charge in [-0.15, -0.1) is 0 Å². The average molecular weight is 528 g/mol. The normalized spacial score (nSPS) is 10.8. The van der Waals surface area contributed by atoms with Gasteiger partial charge in [0.15, 0.2) is 0 Å². The number of carboxylic acid groups (broad SMARTS) is 1. The number of para-hydroxylation sites is 1. The van der Waals surface area contributed by atoms with Crippen LogP contribution >= 0.6 is 0 Å². The molecule has 16 N–H and O–H groups in total. The zero-order chi connectivity index (χ0) is 27.1. The summed E-state index contributed by atoms with van der Waals surface area (Å²) in [6.07, 6.45) is 0. The molecule has 0 atom stereocenters. The maximum absolute atomic E-state index is 10.8. The van der Waals surface area contributed by atoms with E-state index < -0.39 is 31.0 Å². The minimum Gasteiger partial charge on any atom is -0.478 e. The third kappa shape index (κ3) is 8.23. The fourth-order valence-corrected chi connectivity index (χ4v) is 3.47. The Labute approximate surface area is 201 Å². The molecule has 0 fully saturated rings. The Morgan fingerprint density at radius 2 is 1.23 bits per heavy atom. The van der Waals surface area contributed by atoms with Crippen molar-refractivity contribution < 1.29 is 31.3 Å². The van der Waals surface area contributed by atoms with Crippen molar-refractivity contribution in [2.75, 3.05) is 34.4 Å². The molecule has 0 aromatic heterocycles. The largest absolute Gasteiger partial charge is 0.478 e. The van der Waals surface area contributed by atoms with Crippen LogP contribution in [-0.4, -0.2) is 32.5 Å². The molecule has 3 rings (SSSR count). The lowest BCUT2D eigenvalue weighted by atomic mass is 10.2. The van der Waals surface area contributed by atoms with Crippen LogP contribution in [0.15, 0.2) is 64.4 Å². The monoisotopic (exact) mass is 527 g/mol. The summed E-state index contributed by atoms with van der Waals surface area (Å²) in [6.45, 7) is 0. The molecule has 3 aromatic carbocycles. The predicted octanol–water partition coefficient (Wildman–Crippen LogP) is 0.145. The summed E-state index contributed by atoms with van der Waals surface area (Å²) in [4.78, 5) is 9.88. The number of nitrogen functional groups attached to an aromatic ring is 6. The number of carbonyl (C=O) groups is 1. The third-order valence-corrected chi connectivity index (χ3v) is 5.94. The van der Waals surface area contributed by atoms with Gasteiger partial charge >= 0.3 is 5.97 Å². The summed E-state index contributed by atoms with van der Waals surface area (Å²) >= 11 is 0. The zero-order valence-electron chi connectivity index (χ0n) is 18.0. The smallest absolute Gasteiger partial charge is 0.337 e. The number of carboxylic acids is 1. The van der Waals surface area contributed by atoms with Crippen LogP contribution < -0.4 is 39.5 Å². The van der Waals surface area contributed by atoms with Gasteiger partial charge in [0.1, 0.15) is 4.90 Å². The lowest BCUT2D eigenvalue weighted by Gasteiger charge is -2.10. The summed E-state index contributed by atoms with van der Waals surface area (Å²) < 4.78 is 51.7. The molecule has 190 valence electrons. The van der Waals surface area contributed by atoms with Crippen molar-refractivity contribution in [3.8, 4) is 0 Å². The molecule has 0 aliphatic carbocycles. The van der Waals surface area contributed by atoms with Crippen LogP contribution in [0.3, 0.4) is 0 Å². The summed E-state index contributed by atoms with van der Waals surface area (Å²) in [5.41, 5.74) is 32.6. The molecule has 14 nitrogen and oxygen atoms in total. The number of sulfonamides is 1. The zero-order valence-corrected chi connectivity index (χ0v) is 19.6. The summed E-state index contributed by atoms with van der Waals surface area (Å²) in [6, 6.07) is 13.0. The maximum atomic E-state index is 10.8. The second-order valence-corrected chi connectivity index (χ2v) is 9.64. The van der Waals surface area contributed by atoms with Crippen molar-refractivity contribution in [2.45, 2.75) is 9.79 Å². The number of primary sulfonamides is 1. The molecule has 3 aromatic rings. The Hall–Kier alpha value is -4.25. The quantitative estimate of drug-likeness (QED) is 0.162. The van der Waals surface area contributed by atoms with Gasteiger partial charge in [-0.3, -0.25) is 4.55 Å². The molecule has 0 amide bonds. The molecule has 0 aliphatic rings. The highest BCUT2D eigenvalue weighted by atomic mass is 32.2. The maximum Gasteiger partial charge on any atom is 0.337 e. The summed E-state index contributed by atoms with van der Waals surface area (Å²) in [5, 5.41) is 13.3. The second kappa shape index (κ2) is 11.3. The number of rotatable bonds is 3. The first-order valence-electron chi connectivity index (χ1n) is 9.13. The number of benzene rings is 3. The molecule has 0 saturated heterocycles. The van der Waals surface area contributed by atoms with Crippen molar-refractivity contribution in [3.05, 3.63) is 60.2 Å². The van der Waals surface area contributed by atoms with Crippen LogP contribution in [0.5, 0.6) is 0 Å². The van der Waals surface area contributed by atoms with Crippen LogP contribution in [0.2, 0.25) is 0 Å². The Morgan fingerprint density at radius 1 is 0.714 bits per heavy atom. The summed E-state index contributed by atoms with van der Waals surface area (Å²) in [7, 11) is -8.01. The third-order valence-electron chi connectivity index (χ3n) is 4.12. The van der Waals surface area contributed by atoms with Crippen LogP contribution in [0, 0.1) is 0 Å². The number of aromatic carboxylic acids is 1. The lowest BCUT2D eigenvalue weighted by Crippen LogP contribution is -2.11. The molecular weight excluding hydrogens is 502 g/mol. The van der Waals surface area contributed by atoms with Gasteiger partial charge in [-0.1, -0.05) is 12.1 Å². The van der Waals surface area contributed by atoms with E-state index in [9.17, 15) is 21.6 Å². The molecular formula is C19H25N7O7S2. The Bertz CT molecular complexity index is 1430. The van der Waals surface area contributed by atoms with Gasteiger partial charge in [-0.25, -0.2) is 18.4 Å². The molecule has 0 aliphatic heterocycles. The van der Waals surface area contributed by atoms with Gasteiger partial charge in [0.2, 0.25) is 10.0 Å². The van der Waals surface area contributed by atoms with Gasteiger partial charge in [-0.2, -0.15) is 8.42 Å². The lowest BCUT2D eigenvalue weighted by molar-refractivity contribution is 0.0698. The fourth-order valence-electron chi connectivity index (χ4n) is 2.29. The molecule has 16 heteroatoms. The highest BCUT2D eigenvalue weighted by molar-refractivity contribution is 7.89. The van der Waals surface area contributed by atoms with Gasteiger partial charge in [-0.05, 0) is 42.5 Å². The van der Waals surface area contributed by atoms with Gasteiger partial charge in [0, 0.05) is 11.4 Å². The number of hydrogen-bond donors (Lipinski definition) is 9. The van der Waals surface area contributed by atoms with E-state index in [0.717, 1.165) is 6.07 Å². The van der Waals surface area contributed by atoms with Crippen LogP contribution in [0.4, 0.5) is 34.1 Å². The van der Waals surface area contributed by atoms with Crippen molar-refractivity contribution >= 4 is 60.2 Å². The SMILES string of the molecule is Nc1cc(S(=O)(=O)O)c(N)c(N)c1N.Nc1ccc(S(N)(=O)=O)cc1.Nc1ccccc1C(=O)O. The Morgan fingerprint density at radius 3 is 1.63 bits per heavy atom. The van der Waals surface area contributed by atoms with E-state index in [2.05, 4.69) is 0 Å². The summed E-state index contributed by atoms with van der Waals surface area (Å²) in [5.74, 6) is -0.988. The average Bonchev–Trinajstić information content (AvgIpc) is 2.74. The first kappa shape index (κ1) is 28.8. The molecule has 35 heavy (non-hydrogen) atoms. The van der Waals surface area contributed by atoms with Crippen molar-refractivity contribution in [3.63, 3.8) is 0 Å². The van der Waals surface area contributed by atoms with Crippen molar-refractivity contribution in [2.24, 2.45) is 5.14 Å². The highest BCUT2D eigenvalue weighted by Crippen LogP contribution is 2.34. The topological polar surface area (TPSA) is 308 Å². The first-order valence-corrected chi connectivity index (χ1v) is 12.1. The fraction of sp³-hybridized carbons (Fsp3) is 0. The first-order chi connectivity index (χ1) is 16.0. The van der Waals surface area contributed by atoms with E-state index in [0.29, 0.717) is 11.4 Å². The van der Waals surface area contributed by atoms with E-state index >= 15 is 0 Å². The Balaban J connectivity index is 0.000000267. The predicted molar refractivity (Wildman–Crippen MR) is 134 cm³/mol. The van der Waals surface area contributed by atoms with Gasteiger partial charge in [0.25, 0.3) is 10.1 Å². The molecule has 0 radical (unpaired) electrons. The molecule has 0 unspecified atom stereocenters. The van der Waals surface area contributed by atoms with Crippen LogP contribution in [0.1, 0.15) is 10.4 Å². The van der Waals surface area contributed by atoms with Crippen molar-refractivity contribution in [1.29, 1.82) is 0 Å². The van der Waals surface area contributed by atoms with Crippen molar-refractivity contribution in [1.82, 2.24) is 0 Å². The highest BCUT2D eigenvalue weighted by Gasteiger charge is 2.19. The molecule has 0 spiro atoms. The van der Waals surface area contributed by atoms with Crippen LogP contribution in [0.25, 0.3) is 0 Å². The van der Waals surface area contributed by atoms with E-state index in [-0.39, 0.29) is 33.2 Å². The minimum atomic E-state index is -4.44. The number of nitrogens with two attached hydrogens (primary N) is 7. The van der Waals surface area contributed by atoms with E-state index in [4.69, 9.17) is 49.2 Å². The van der Waals surface area contributed by atoms with Gasteiger partial charge < -0.3 is 39.5 Å². The number of anilines is 6.